The molecule has 0 unspecified atom stereocenters. The third-order valence-corrected chi connectivity index (χ3v) is 6.31. The number of hydrogen-bond acceptors (Lipinski definition) is 4. The van der Waals surface area contributed by atoms with E-state index in [9.17, 15) is 30.8 Å². The predicted octanol–water partition coefficient (Wildman–Crippen LogP) is 3.00. The zero-order valence-electron chi connectivity index (χ0n) is 15.2. The second kappa shape index (κ2) is 7.23. The van der Waals surface area contributed by atoms with Crippen molar-refractivity contribution in [1.29, 1.82) is 0 Å². The van der Waals surface area contributed by atoms with Crippen molar-refractivity contribution in [2.45, 2.75) is 17.1 Å². The van der Waals surface area contributed by atoms with Gasteiger partial charge in [0.05, 0.1) is 22.1 Å². The first-order valence-corrected chi connectivity index (χ1v) is 9.63. The van der Waals surface area contributed by atoms with E-state index in [4.69, 9.17) is 0 Å². The van der Waals surface area contributed by atoms with E-state index in [2.05, 4.69) is 4.98 Å². The van der Waals surface area contributed by atoms with Crippen LogP contribution in [-0.2, 0) is 17.1 Å². The number of fused-ring (bicyclic) bond motifs is 1. The molecule has 0 bridgehead atoms. The van der Waals surface area contributed by atoms with Crippen LogP contribution in [0.2, 0.25) is 0 Å². The maximum absolute atomic E-state index is 13.7. The van der Waals surface area contributed by atoms with E-state index in [1.807, 2.05) is 0 Å². The zero-order chi connectivity index (χ0) is 21.6. The lowest BCUT2D eigenvalue weighted by Gasteiger charge is -2.29. The zero-order valence-corrected chi connectivity index (χ0v) is 16.0. The van der Waals surface area contributed by atoms with E-state index in [0.717, 1.165) is 49.6 Å². The van der Waals surface area contributed by atoms with E-state index >= 15 is 0 Å². The molecule has 1 atom stereocenters. The van der Waals surface area contributed by atoms with Crippen LogP contribution >= 0.6 is 0 Å². The second-order valence-electron chi connectivity index (χ2n) is 6.32. The highest BCUT2D eigenvalue weighted by Gasteiger charge is 2.47. The van der Waals surface area contributed by atoms with Gasteiger partial charge < -0.3 is 4.57 Å². The first-order valence-electron chi connectivity index (χ1n) is 8.19. The highest BCUT2D eigenvalue weighted by atomic mass is 32.2. The Balaban J connectivity index is 2.11. The van der Waals surface area contributed by atoms with Gasteiger partial charge in [0, 0.05) is 14.1 Å². The molecule has 0 N–H and O–H groups in total. The summed E-state index contributed by atoms with van der Waals surface area (Å²) in [7, 11) is -2.34. The Labute approximate surface area is 163 Å². The van der Waals surface area contributed by atoms with Gasteiger partial charge in [0.2, 0.25) is 10.0 Å². The fourth-order valence-electron chi connectivity index (χ4n) is 2.94. The summed E-state index contributed by atoms with van der Waals surface area (Å²) < 4.78 is 81.5. The molecule has 3 rings (SSSR count). The van der Waals surface area contributed by atoms with Gasteiger partial charge in [0.25, 0.3) is 5.56 Å². The van der Waals surface area contributed by atoms with E-state index in [0.29, 0.717) is 5.52 Å². The topological polar surface area (TPSA) is 72.3 Å². The number of aromatic nitrogens is 2. The number of halogens is 4. The Bertz CT molecular complexity index is 1220. The second-order valence-corrected chi connectivity index (χ2v) is 8.32. The van der Waals surface area contributed by atoms with E-state index in [1.54, 1.807) is 0 Å². The largest absolute Gasteiger partial charge is 0.409 e. The lowest BCUT2D eigenvalue weighted by Crippen LogP contribution is -2.39. The Morgan fingerprint density at radius 1 is 1.10 bits per heavy atom. The molecular formula is C18H15F4N3O3S. The van der Waals surface area contributed by atoms with Gasteiger partial charge in [-0.3, -0.25) is 4.79 Å². The monoisotopic (exact) mass is 429 g/mol. The summed E-state index contributed by atoms with van der Waals surface area (Å²) in [5.74, 6) is -0.744. The van der Waals surface area contributed by atoms with Crippen molar-refractivity contribution in [3.63, 3.8) is 0 Å². The highest BCUT2D eigenvalue weighted by Crippen LogP contribution is 2.39. The van der Waals surface area contributed by atoms with Crippen LogP contribution in [0, 0.1) is 5.82 Å². The molecule has 0 amide bonds. The molecule has 2 aromatic carbocycles. The van der Waals surface area contributed by atoms with Gasteiger partial charge in [0.15, 0.2) is 0 Å². The number of rotatable bonds is 4. The van der Waals surface area contributed by atoms with Crippen LogP contribution in [0.3, 0.4) is 0 Å². The molecule has 0 saturated heterocycles. The molecule has 0 fully saturated rings. The minimum Gasteiger partial charge on any atom is -0.309 e. The van der Waals surface area contributed by atoms with Crippen molar-refractivity contribution in [3.05, 3.63) is 70.4 Å². The smallest absolute Gasteiger partial charge is 0.309 e. The summed E-state index contributed by atoms with van der Waals surface area (Å²) in [6, 6.07) is 4.41. The molecule has 3 aromatic rings. The van der Waals surface area contributed by atoms with Gasteiger partial charge in [-0.25, -0.2) is 17.8 Å². The molecule has 1 heterocycles. The van der Waals surface area contributed by atoms with Crippen molar-refractivity contribution in [3.8, 4) is 0 Å². The maximum Gasteiger partial charge on any atom is 0.409 e. The molecule has 29 heavy (non-hydrogen) atoms. The van der Waals surface area contributed by atoms with Crippen molar-refractivity contribution >= 4 is 21.1 Å². The van der Waals surface area contributed by atoms with Gasteiger partial charge >= 0.3 is 6.18 Å². The van der Waals surface area contributed by atoms with Gasteiger partial charge in [-0.1, -0.05) is 12.1 Å². The minimum atomic E-state index is -4.95. The molecule has 6 nitrogen and oxygen atoms in total. The number of nitrogens with zero attached hydrogens (tertiary/aromatic N) is 3. The Hall–Kier alpha value is -2.79. The molecule has 0 spiro atoms. The molecule has 1 aromatic heterocycles. The number of sulfonamides is 1. The fraction of sp³-hybridized carbons (Fsp3) is 0.222. The Kier molecular flexibility index (Phi) is 5.22. The normalized spacial score (nSPS) is 13.8. The Morgan fingerprint density at radius 3 is 2.31 bits per heavy atom. The summed E-state index contributed by atoms with van der Waals surface area (Å²) >= 11 is 0. The predicted molar refractivity (Wildman–Crippen MR) is 97.1 cm³/mol. The molecule has 154 valence electrons. The third-order valence-electron chi connectivity index (χ3n) is 4.49. The van der Waals surface area contributed by atoms with Crippen LogP contribution in [0.25, 0.3) is 11.0 Å². The first kappa shape index (κ1) is 20.9. The molecule has 0 aliphatic carbocycles. The molecule has 11 heteroatoms. The maximum atomic E-state index is 13.7. The van der Waals surface area contributed by atoms with Gasteiger partial charge in [0.1, 0.15) is 11.9 Å². The quantitative estimate of drug-likeness (QED) is 0.598. The van der Waals surface area contributed by atoms with Crippen molar-refractivity contribution in [2.24, 2.45) is 7.05 Å². The average molecular weight is 429 g/mol. The third kappa shape index (κ3) is 3.87. The van der Waals surface area contributed by atoms with Crippen LogP contribution in [-0.4, -0.2) is 35.5 Å². The lowest BCUT2D eigenvalue weighted by molar-refractivity contribution is -0.171. The van der Waals surface area contributed by atoms with E-state index < -0.39 is 44.1 Å². The molecule has 0 aliphatic rings. The SMILES string of the molecule is CN([C@H](c1ccc(F)cc1)C(F)(F)F)S(=O)(=O)c1ccc2c(c1)ncc(=O)n2C. The van der Waals surface area contributed by atoms with Crippen LogP contribution in [0.1, 0.15) is 11.6 Å². The summed E-state index contributed by atoms with van der Waals surface area (Å²) in [5, 5.41) is 0. The van der Waals surface area contributed by atoms with Crippen LogP contribution in [0.4, 0.5) is 17.6 Å². The van der Waals surface area contributed by atoms with Crippen molar-refractivity contribution in [1.82, 2.24) is 13.9 Å². The fourth-order valence-corrected chi connectivity index (χ4v) is 4.29. The highest BCUT2D eigenvalue weighted by molar-refractivity contribution is 7.89. The first-order chi connectivity index (χ1) is 13.4. The number of aryl methyl sites for hydroxylation is 1. The number of benzene rings is 2. The molecule has 0 aliphatic heterocycles. The molecular weight excluding hydrogens is 414 g/mol. The van der Waals surface area contributed by atoms with E-state index in [-0.39, 0.29) is 9.82 Å². The Morgan fingerprint density at radius 2 is 1.72 bits per heavy atom. The standard InChI is InChI=1S/C18H15F4N3O3S/c1-24-15-8-7-13(9-14(15)23-10-16(24)26)29(27,28)25(2)17(18(20,21)22)11-3-5-12(19)6-4-11/h3-10,17H,1-2H3/t17-/m1/s1. The molecule has 0 radical (unpaired) electrons. The van der Waals surface area contributed by atoms with Gasteiger partial charge in [-0.2, -0.15) is 17.5 Å². The average Bonchev–Trinajstić information content (AvgIpc) is 2.65. The van der Waals surface area contributed by atoms with Crippen LogP contribution in [0.15, 0.2) is 58.4 Å². The van der Waals surface area contributed by atoms with Crippen LogP contribution in [0.5, 0.6) is 0 Å². The number of alkyl halides is 3. The summed E-state index contributed by atoms with van der Waals surface area (Å²) in [4.78, 5) is 15.1. The van der Waals surface area contributed by atoms with Gasteiger partial charge in [-0.05, 0) is 35.9 Å². The van der Waals surface area contributed by atoms with Crippen molar-refractivity contribution in [2.75, 3.05) is 7.05 Å². The van der Waals surface area contributed by atoms with Crippen LogP contribution < -0.4 is 5.56 Å². The van der Waals surface area contributed by atoms with Gasteiger partial charge in [-0.15, -0.1) is 0 Å². The van der Waals surface area contributed by atoms with E-state index in [1.165, 1.54) is 17.7 Å². The summed E-state index contributed by atoms with van der Waals surface area (Å²) in [6.45, 7) is 0. The summed E-state index contributed by atoms with van der Waals surface area (Å²) in [5.41, 5.74) is -0.387. The lowest BCUT2D eigenvalue weighted by atomic mass is 10.1. The minimum absolute atomic E-state index is 0.131. The summed E-state index contributed by atoms with van der Waals surface area (Å²) in [6.07, 6.45) is -3.96. The molecule has 0 saturated carbocycles. The van der Waals surface area contributed by atoms with Crippen molar-refractivity contribution < 1.29 is 26.0 Å². The number of hydrogen-bond donors (Lipinski definition) is 0.